The number of benzene rings is 1. The summed E-state index contributed by atoms with van der Waals surface area (Å²) in [5.74, 6) is 0. The predicted molar refractivity (Wildman–Crippen MR) is 59.2 cm³/mol. The summed E-state index contributed by atoms with van der Waals surface area (Å²) in [5.41, 5.74) is 0.394. The Hall–Kier alpha value is -1.11. The molecule has 2 rings (SSSR count). The minimum atomic E-state index is 0.394. The van der Waals surface area contributed by atoms with E-state index in [0.717, 1.165) is 15.2 Å². The summed E-state index contributed by atoms with van der Waals surface area (Å²) in [6.45, 7) is 0. The van der Waals surface area contributed by atoms with Crippen LogP contribution in [0.5, 0.6) is 0 Å². The fourth-order valence-corrected chi connectivity index (χ4v) is 2.24. The van der Waals surface area contributed by atoms with Crippen molar-refractivity contribution in [1.29, 1.82) is 5.26 Å². The largest absolute Gasteiger partial charge is 0.245 e. The Morgan fingerprint density at radius 1 is 1.36 bits per heavy atom. The van der Waals surface area contributed by atoms with Gasteiger partial charge in [-0.2, -0.15) is 5.26 Å². The maximum absolute atomic E-state index is 8.85. The second-order valence-electron chi connectivity index (χ2n) is 2.75. The van der Waals surface area contributed by atoms with Gasteiger partial charge < -0.3 is 0 Å². The molecule has 2 nitrogen and oxygen atoms in total. The normalized spacial score (nSPS) is 10.1. The third kappa shape index (κ3) is 1.47. The highest BCUT2D eigenvalue weighted by molar-refractivity contribution is 9.10. The van der Waals surface area contributed by atoms with Crippen molar-refractivity contribution in [3.63, 3.8) is 0 Å². The number of rotatable bonds is 0. The molecule has 0 spiro atoms. The average molecular weight is 268 g/mol. The quantitative estimate of drug-likeness (QED) is 0.732. The third-order valence-electron chi connectivity index (χ3n) is 1.90. The lowest BCUT2D eigenvalue weighted by Gasteiger charge is -2.02. The topological polar surface area (TPSA) is 36.7 Å². The highest BCUT2D eigenvalue weighted by Gasteiger charge is 2.05. The van der Waals surface area contributed by atoms with Gasteiger partial charge >= 0.3 is 0 Å². The van der Waals surface area contributed by atoms with Crippen molar-refractivity contribution >= 4 is 38.3 Å². The summed E-state index contributed by atoms with van der Waals surface area (Å²) in [4.78, 5) is 3.97. The van der Waals surface area contributed by atoms with Crippen molar-refractivity contribution in [1.82, 2.24) is 4.98 Å². The second-order valence-corrected chi connectivity index (χ2v) is 4.04. The Balaban J connectivity index is 2.95. The van der Waals surface area contributed by atoms with E-state index in [1.54, 1.807) is 18.3 Å². The monoisotopic (exact) mass is 266 g/mol. The molecule has 0 aliphatic carbocycles. The van der Waals surface area contributed by atoms with E-state index in [2.05, 4.69) is 20.9 Å². The number of hydrogen-bond donors (Lipinski definition) is 0. The van der Waals surface area contributed by atoms with Gasteiger partial charge in [-0.25, -0.2) is 4.98 Å². The number of fused-ring (bicyclic) bond motifs is 1. The van der Waals surface area contributed by atoms with Gasteiger partial charge in [-0.1, -0.05) is 27.5 Å². The van der Waals surface area contributed by atoms with Crippen molar-refractivity contribution in [3.05, 3.63) is 39.6 Å². The summed E-state index contributed by atoms with van der Waals surface area (Å²) in [6, 6.07) is 7.42. The molecular weight excluding hydrogens is 263 g/mol. The molecule has 0 aliphatic heterocycles. The van der Waals surface area contributed by atoms with E-state index in [0.29, 0.717) is 10.7 Å². The molecule has 0 bridgehead atoms. The molecule has 0 saturated heterocycles. The number of hydrogen-bond acceptors (Lipinski definition) is 2. The number of nitriles is 1. The minimum Gasteiger partial charge on any atom is -0.245 e. The third-order valence-corrected chi connectivity index (χ3v) is 2.77. The van der Waals surface area contributed by atoms with Gasteiger partial charge in [0.2, 0.25) is 0 Å². The van der Waals surface area contributed by atoms with E-state index in [4.69, 9.17) is 16.9 Å². The fourth-order valence-electron chi connectivity index (χ4n) is 1.30. The molecular formula is C10H4BrClN2. The number of halogens is 2. The lowest BCUT2D eigenvalue weighted by Crippen LogP contribution is -1.85. The minimum absolute atomic E-state index is 0.394. The van der Waals surface area contributed by atoms with Crippen molar-refractivity contribution in [2.45, 2.75) is 0 Å². The zero-order valence-corrected chi connectivity index (χ0v) is 9.30. The highest BCUT2D eigenvalue weighted by atomic mass is 79.9. The molecule has 0 saturated carbocycles. The SMILES string of the molecule is N#Cc1nccc2c(Br)cc(Cl)cc12. The summed E-state index contributed by atoms with van der Waals surface area (Å²) in [5, 5.41) is 11.2. The molecule has 0 aliphatic rings. The van der Waals surface area contributed by atoms with Crippen LogP contribution >= 0.6 is 27.5 Å². The highest BCUT2D eigenvalue weighted by Crippen LogP contribution is 2.28. The lowest BCUT2D eigenvalue weighted by atomic mass is 10.1. The van der Waals surface area contributed by atoms with E-state index in [1.165, 1.54) is 0 Å². The molecule has 0 amide bonds. The average Bonchev–Trinajstić information content (AvgIpc) is 2.17. The van der Waals surface area contributed by atoms with Crippen molar-refractivity contribution in [2.75, 3.05) is 0 Å². The van der Waals surface area contributed by atoms with Gasteiger partial charge in [0.25, 0.3) is 0 Å². The van der Waals surface area contributed by atoms with Crippen LogP contribution < -0.4 is 0 Å². The summed E-state index contributed by atoms with van der Waals surface area (Å²) >= 11 is 9.28. The summed E-state index contributed by atoms with van der Waals surface area (Å²) in [6.07, 6.45) is 1.61. The van der Waals surface area contributed by atoms with E-state index in [1.807, 2.05) is 12.1 Å². The van der Waals surface area contributed by atoms with Crippen molar-refractivity contribution in [2.24, 2.45) is 0 Å². The predicted octanol–water partition coefficient (Wildman–Crippen LogP) is 3.52. The van der Waals surface area contributed by atoms with Crippen LogP contribution in [0.2, 0.25) is 5.02 Å². The molecule has 0 fully saturated rings. The van der Waals surface area contributed by atoms with Gasteiger partial charge in [-0.3, -0.25) is 0 Å². The molecule has 0 atom stereocenters. The van der Waals surface area contributed by atoms with Crippen LogP contribution in [0.3, 0.4) is 0 Å². The lowest BCUT2D eigenvalue weighted by molar-refractivity contribution is 1.30. The fraction of sp³-hybridized carbons (Fsp3) is 0. The zero-order chi connectivity index (χ0) is 10.1. The van der Waals surface area contributed by atoms with Crippen LogP contribution in [-0.2, 0) is 0 Å². The standard InChI is InChI=1S/C10H4BrClN2/c11-9-4-6(12)3-8-7(9)1-2-14-10(8)5-13/h1-4H. The van der Waals surface area contributed by atoms with E-state index in [-0.39, 0.29) is 0 Å². The Morgan fingerprint density at radius 2 is 2.14 bits per heavy atom. The van der Waals surface area contributed by atoms with Crippen LogP contribution in [-0.4, -0.2) is 4.98 Å². The molecule has 1 aromatic heterocycles. The van der Waals surface area contributed by atoms with Crippen molar-refractivity contribution in [3.8, 4) is 6.07 Å². The van der Waals surface area contributed by atoms with Crippen LogP contribution in [0, 0.1) is 11.3 Å². The molecule has 1 heterocycles. The van der Waals surface area contributed by atoms with Crippen molar-refractivity contribution < 1.29 is 0 Å². The van der Waals surface area contributed by atoms with Gasteiger partial charge in [0.05, 0.1) is 0 Å². The first-order valence-electron chi connectivity index (χ1n) is 3.86. The van der Waals surface area contributed by atoms with Gasteiger partial charge in [-0.15, -0.1) is 0 Å². The maximum atomic E-state index is 8.85. The van der Waals surface area contributed by atoms with Crippen LogP contribution in [0.1, 0.15) is 5.69 Å². The zero-order valence-electron chi connectivity index (χ0n) is 6.96. The number of aromatic nitrogens is 1. The number of pyridine rings is 1. The molecule has 0 N–H and O–H groups in total. The van der Waals surface area contributed by atoms with Crippen LogP contribution in [0.15, 0.2) is 28.9 Å². The first kappa shape index (κ1) is 9.45. The molecule has 14 heavy (non-hydrogen) atoms. The summed E-state index contributed by atoms with van der Waals surface area (Å²) < 4.78 is 0.874. The first-order chi connectivity index (χ1) is 6.72. The van der Waals surface area contributed by atoms with E-state index < -0.39 is 0 Å². The Morgan fingerprint density at radius 3 is 2.86 bits per heavy atom. The smallest absolute Gasteiger partial charge is 0.148 e. The van der Waals surface area contributed by atoms with Gasteiger partial charge in [0.15, 0.2) is 0 Å². The summed E-state index contributed by atoms with van der Waals surface area (Å²) in [7, 11) is 0. The van der Waals surface area contributed by atoms with E-state index >= 15 is 0 Å². The Labute approximate surface area is 94.3 Å². The van der Waals surface area contributed by atoms with Gasteiger partial charge in [0.1, 0.15) is 11.8 Å². The molecule has 2 aromatic rings. The first-order valence-corrected chi connectivity index (χ1v) is 5.03. The molecule has 4 heteroatoms. The maximum Gasteiger partial charge on any atom is 0.148 e. The number of nitrogens with zero attached hydrogens (tertiary/aromatic N) is 2. The Bertz CT molecular complexity index is 546. The van der Waals surface area contributed by atoms with Crippen LogP contribution in [0.25, 0.3) is 10.8 Å². The molecule has 1 aromatic carbocycles. The van der Waals surface area contributed by atoms with E-state index in [9.17, 15) is 0 Å². The molecule has 0 unspecified atom stereocenters. The Kier molecular flexibility index (Phi) is 2.40. The second kappa shape index (κ2) is 3.56. The van der Waals surface area contributed by atoms with Gasteiger partial charge in [-0.05, 0) is 18.2 Å². The van der Waals surface area contributed by atoms with Crippen LogP contribution in [0.4, 0.5) is 0 Å². The van der Waals surface area contributed by atoms with Gasteiger partial charge in [0, 0.05) is 26.5 Å². The molecule has 68 valence electrons. The molecule has 0 radical (unpaired) electrons.